The van der Waals surface area contributed by atoms with Crippen LogP contribution in [-0.2, 0) is 4.79 Å². The zero-order valence-corrected chi connectivity index (χ0v) is 13.3. The van der Waals surface area contributed by atoms with E-state index in [1.54, 1.807) is 4.68 Å². The molecule has 1 amide bonds. The van der Waals surface area contributed by atoms with Gasteiger partial charge in [0.2, 0.25) is 11.1 Å². The van der Waals surface area contributed by atoms with Crippen molar-refractivity contribution in [1.82, 2.24) is 20.2 Å². The summed E-state index contributed by atoms with van der Waals surface area (Å²) in [6, 6.07) is 17.3. The van der Waals surface area contributed by atoms with Gasteiger partial charge in [0.1, 0.15) is 0 Å². The van der Waals surface area contributed by atoms with Crippen LogP contribution in [0.5, 0.6) is 0 Å². The number of carbonyl (C=O) groups excluding carboxylic acids is 1. The smallest absolute Gasteiger partial charge is 0.234 e. The van der Waals surface area contributed by atoms with E-state index in [1.165, 1.54) is 11.8 Å². The molecule has 3 aromatic rings. The van der Waals surface area contributed by atoms with Crippen LogP contribution >= 0.6 is 11.8 Å². The topological polar surface area (TPSA) is 72.7 Å². The van der Waals surface area contributed by atoms with Crippen molar-refractivity contribution in [1.29, 1.82) is 0 Å². The van der Waals surface area contributed by atoms with Gasteiger partial charge < -0.3 is 5.32 Å². The number of para-hydroxylation sites is 1. The first-order chi connectivity index (χ1) is 11.2. The van der Waals surface area contributed by atoms with Gasteiger partial charge in [-0.15, -0.1) is 5.10 Å². The number of rotatable bonds is 5. The Morgan fingerprint density at radius 1 is 1.17 bits per heavy atom. The van der Waals surface area contributed by atoms with Crippen molar-refractivity contribution >= 4 is 23.4 Å². The molecule has 7 heteroatoms. The molecule has 0 saturated carbocycles. The highest BCUT2D eigenvalue weighted by Gasteiger charge is 2.11. The first-order valence-corrected chi connectivity index (χ1v) is 8.04. The number of hydrogen-bond donors (Lipinski definition) is 1. The Balaban J connectivity index is 1.63. The average Bonchev–Trinajstić information content (AvgIpc) is 3.02. The molecule has 0 atom stereocenters. The Bertz CT molecular complexity index is 803. The summed E-state index contributed by atoms with van der Waals surface area (Å²) in [5.41, 5.74) is 2.75. The Hall–Kier alpha value is -2.67. The highest BCUT2D eigenvalue weighted by Crippen LogP contribution is 2.18. The third-order valence-electron chi connectivity index (χ3n) is 3.08. The minimum Gasteiger partial charge on any atom is -0.325 e. The molecule has 23 heavy (non-hydrogen) atoms. The van der Waals surface area contributed by atoms with Crippen LogP contribution in [0.3, 0.4) is 0 Å². The SMILES string of the molecule is Cc1cccc(NC(=O)CSc2nnnn2-c2ccccc2)c1. The van der Waals surface area contributed by atoms with Crippen molar-refractivity contribution in [2.24, 2.45) is 0 Å². The van der Waals surface area contributed by atoms with Crippen molar-refractivity contribution < 1.29 is 4.79 Å². The lowest BCUT2D eigenvalue weighted by Crippen LogP contribution is -2.14. The molecule has 0 aliphatic carbocycles. The number of amides is 1. The lowest BCUT2D eigenvalue weighted by molar-refractivity contribution is -0.113. The number of carbonyl (C=O) groups is 1. The molecule has 0 aliphatic rings. The Labute approximate surface area is 137 Å². The van der Waals surface area contributed by atoms with Crippen LogP contribution < -0.4 is 5.32 Å². The van der Waals surface area contributed by atoms with E-state index in [0.717, 1.165) is 16.9 Å². The van der Waals surface area contributed by atoms with Crippen LogP contribution in [-0.4, -0.2) is 31.9 Å². The summed E-state index contributed by atoms with van der Waals surface area (Å²) in [7, 11) is 0. The molecule has 2 aromatic carbocycles. The minimum absolute atomic E-state index is 0.0942. The molecule has 0 aliphatic heterocycles. The fourth-order valence-electron chi connectivity index (χ4n) is 2.05. The third kappa shape index (κ3) is 3.95. The first kappa shape index (κ1) is 15.2. The fourth-order valence-corrected chi connectivity index (χ4v) is 2.74. The van der Waals surface area contributed by atoms with E-state index in [-0.39, 0.29) is 11.7 Å². The van der Waals surface area contributed by atoms with E-state index in [0.29, 0.717) is 5.16 Å². The van der Waals surface area contributed by atoms with Gasteiger partial charge in [0, 0.05) is 5.69 Å². The molecule has 0 fully saturated rings. The number of benzene rings is 2. The van der Waals surface area contributed by atoms with Gasteiger partial charge >= 0.3 is 0 Å². The van der Waals surface area contributed by atoms with E-state index in [1.807, 2.05) is 61.5 Å². The monoisotopic (exact) mass is 325 g/mol. The highest BCUT2D eigenvalue weighted by molar-refractivity contribution is 7.99. The largest absolute Gasteiger partial charge is 0.325 e. The summed E-state index contributed by atoms with van der Waals surface area (Å²) in [5.74, 6) is 0.143. The van der Waals surface area contributed by atoms with Gasteiger partial charge in [-0.2, -0.15) is 4.68 Å². The van der Waals surface area contributed by atoms with Gasteiger partial charge in [0.25, 0.3) is 0 Å². The van der Waals surface area contributed by atoms with Crippen LogP contribution in [0.4, 0.5) is 5.69 Å². The van der Waals surface area contributed by atoms with Gasteiger partial charge in [-0.3, -0.25) is 4.79 Å². The highest BCUT2D eigenvalue weighted by atomic mass is 32.2. The van der Waals surface area contributed by atoms with Crippen LogP contribution in [0.1, 0.15) is 5.56 Å². The number of nitrogens with zero attached hydrogens (tertiary/aromatic N) is 4. The summed E-state index contributed by atoms with van der Waals surface area (Å²) < 4.78 is 1.62. The number of aryl methyl sites for hydroxylation is 1. The number of nitrogens with one attached hydrogen (secondary N) is 1. The second kappa shape index (κ2) is 7.06. The van der Waals surface area contributed by atoms with Crippen LogP contribution in [0.25, 0.3) is 5.69 Å². The zero-order valence-electron chi connectivity index (χ0n) is 12.5. The van der Waals surface area contributed by atoms with Crippen LogP contribution in [0, 0.1) is 6.92 Å². The van der Waals surface area contributed by atoms with Crippen molar-refractivity contribution in [3.63, 3.8) is 0 Å². The summed E-state index contributed by atoms with van der Waals surface area (Å²) in [4.78, 5) is 12.1. The molecule has 1 N–H and O–H groups in total. The number of anilines is 1. The summed E-state index contributed by atoms with van der Waals surface area (Å²) in [5, 5.41) is 15.1. The number of aromatic nitrogens is 4. The van der Waals surface area contributed by atoms with E-state index in [4.69, 9.17) is 0 Å². The third-order valence-corrected chi connectivity index (χ3v) is 4.00. The predicted octanol–water partition coefficient (Wildman–Crippen LogP) is 2.70. The molecular weight excluding hydrogens is 310 g/mol. The fraction of sp³-hybridized carbons (Fsp3) is 0.125. The molecular formula is C16H15N5OS. The molecule has 0 saturated heterocycles. The number of tetrazole rings is 1. The molecule has 0 spiro atoms. The quantitative estimate of drug-likeness (QED) is 0.730. The summed E-state index contributed by atoms with van der Waals surface area (Å²) in [6.07, 6.45) is 0. The van der Waals surface area contributed by atoms with Gasteiger partial charge in [-0.05, 0) is 47.2 Å². The molecule has 1 aromatic heterocycles. The molecule has 1 heterocycles. The minimum atomic E-state index is -0.0942. The lowest BCUT2D eigenvalue weighted by atomic mass is 10.2. The number of hydrogen-bond acceptors (Lipinski definition) is 5. The van der Waals surface area contributed by atoms with Crippen molar-refractivity contribution in [2.45, 2.75) is 12.1 Å². The maximum absolute atomic E-state index is 12.1. The maximum atomic E-state index is 12.1. The first-order valence-electron chi connectivity index (χ1n) is 7.05. The molecule has 0 unspecified atom stereocenters. The molecule has 116 valence electrons. The average molecular weight is 325 g/mol. The van der Waals surface area contributed by atoms with E-state index >= 15 is 0 Å². The van der Waals surface area contributed by atoms with Crippen molar-refractivity contribution in [3.8, 4) is 5.69 Å². The lowest BCUT2D eigenvalue weighted by Gasteiger charge is -2.06. The van der Waals surface area contributed by atoms with E-state index in [9.17, 15) is 4.79 Å². The second-order valence-electron chi connectivity index (χ2n) is 4.92. The normalized spacial score (nSPS) is 10.5. The Morgan fingerprint density at radius 3 is 2.78 bits per heavy atom. The molecule has 6 nitrogen and oxygen atoms in total. The predicted molar refractivity (Wildman–Crippen MR) is 89.7 cm³/mol. The molecule has 0 bridgehead atoms. The van der Waals surface area contributed by atoms with Gasteiger partial charge in [-0.1, -0.05) is 42.1 Å². The molecule has 3 rings (SSSR count). The maximum Gasteiger partial charge on any atom is 0.234 e. The number of thioether (sulfide) groups is 1. The van der Waals surface area contributed by atoms with Crippen molar-refractivity contribution in [2.75, 3.05) is 11.1 Å². The van der Waals surface area contributed by atoms with Gasteiger partial charge in [0.15, 0.2) is 0 Å². The standard InChI is InChI=1S/C16H15N5OS/c1-12-6-5-7-13(10-12)17-15(22)11-23-16-18-19-20-21(16)14-8-3-2-4-9-14/h2-10H,11H2,1H3,(H,17,22). The Kier molecular flexibility index (Phi) is 4.68. The molecule has 0 radical (unpaired) electrons. The van der Waals surface area contributed by atoms with E-state index < -0.39 is 0 Å². The van der Waals surface area contributed by atoms with Gasteiger partial charge in [-0.25, -0.2) is 0 Å². The zero-order chi connectivity index (χ0) is 16.1. The van der Waals surface area contributed by atoms with Crippen LogP contribution in [0.2, 0.25) is 0 Å². The second-order valence-corrected chi connectivity index (χ2v) is 5.86. The Morgan fingerprint density at radius 2 is 2.00 bits per heavy atom. The van der Waals surface area contributed by atoms with Crippen LogP contribution in [0.15, 0.2) is 59.8 Å². The van der Waals surface area contributed by atoms with Gasteiger partial charge in [0.05, 0.1) is 11.4 Å². The van der Waals surface area contributed by atoms with E-state index in [2.05, 4.69) is 20.8 Å². The summed E-state index contributed by atoms with van der Waals surface area (Å²) >= 11 is 1.29. The van der Waals surface area contributed by atoms with Crippen molar-refractivity contribution in [3.05, 3.63) is 60.2 Å². The summed E-state index contributed by atoms with van der Waals surface area (Å²) in [6.45, 7) is 1.98.